The number of ether oxygens (including phenoxy) is 3. The van der Waals surface area contributed by atoms with Crippen LogP contribution in [0.1, 0.15) is 46.5 Å². The molecule has 2 atom stereocenters. The summed E-state index contributed by atoms with van der Waals surface area (Å²) in [5, 5.41) is 5.21. The third kappa shape index (κ3) is 10.7. The molecule has 0 aliphatic carbocycles. The lowest BCUT2D eigenvalue weighted by Gasteiger charge is -2.40. The van der Waals surface area contributed by atoms with Crippen molar-refractivity contribution < 1.29 is 38.2 Å². The lowest BCUT2D eigenvalue weighted by Crippen LogP contribution is -2.54. The van der Waals surface area contributed by atoms with Crippen LogP contribution in [-0.2, 0) is 38.2 Å². The number of carbonyl (C=O) groups excluding carboxylic acids is 5. The van der Waals surface area contributed by atoms with Crippen molar-refractivity contribution in [1.82, 2.24) is 10.6 Å². The highest BCUT2D eigenvalue weighted by Gasteiger charge is 2.42. The fourth-order valence-electron chi connectivity index (χ4n) is 2.73. The predicted octanol–water partition coefficient (Wildman–Crippen LogP) is 0.569. The van der Waals surface area contributed by atoms with Gasteiger partial charge in [0.2, 0.25) is 11.8 Å². The normalized spacial score (nSPS) is 19.9. The van der Waals surface area contributed by atoms with Gasteiger partial charge in [-0.2, -0.15) is 0 Å². The van der Waals surface area contributed by atoms with Gasteiger partial charge in [0.25, 0.3) is 0 Å². The SMILES string of the molecule is COC(=O)CCC(=O)SCCNC(=O)CCNC(=O)[C@@H]1OC(CC(C)=O)OCC1(C)C. The number of methoxy groups -OCH3 is 1. The number of hydrogen-bond donors (Lipinski definition) is 2. The summed E-state index contributed by atoms with van der Waals surface area (Å²) in [7, 11) is 1.26. The highest BCUT2D eigenvalue weighted by atomic mass is 32.2. The number of ketones is 1. The second-order valence-corrected chi connectivity index (χ2v) is 8.99. The largest absolute Gasteiger partial charge is 0.469 e. The maximum Gasteiger partial charge on any atom is 0.305 e. The van der Waals surface area contributed by atoms with Crippen molar-refractivity contribution in [3.8, 4) is 0 Å². The van der Waals surface area contributed by atoms with Gasteiger partial charge < -0.3 is 24.8 Å². The molecule has 1 fully saturated rings. The lowest BCUT2D eigenvalue weighted by atomic mass is 9.85. The van der Waals surface area contributed by atoms with Crippen LogP contribution in [0.5, 0.6) is 0 Å². The second kappa shape index (κ2) is 13.4. The molecule has 0 aromatic heterocycles. The lowest BCUT2D eigenvalue weighted by molar-refractivity contribution is -0.253. The molecule has 2 amide bonds. The standard InChI is InChI=1S/C20H32N2O8S/c1-13(23)11-17-29-12-20(2,3)18(30-17)19(27)22-8-7-14(24)21-9-10-31-16(26)6-5-15(25)28-4/h17-18H,5-12H2,1-4H3,(H,21,24)(H,22,27)/t17?,18-/m0/s1. The number of thioether (sulfide) groups is 1. The van der Waals surface area contributed by atoms with E-state index >= 15 is 0 Å². The molecule has 1 aliphatic heterocycles. The molecule has 0 saturated carbocycles. The van der Waals surface area contributed by atoms with E-state index in [9.17, 15) is 24.0 Å². The van der Waals surface area contributed by atoms with E-state index < -0.39 is 23.8 Å². The van der Waals surface area contributed by atoms with Crippen LogP contribution in [0.15, 0.2) is 0 Å². The van der Waals surface area contributed by atoms with Crippen LogP contribution in [0, 0.1) is 5.41 Å². The van der Waals surface area contributed by atoms with Crippen LogP contribution in [0.4, 0.5) is 0 Å². The Morgan fingerprint density at radius 1 is 1.06 bits per heavy atom. The summed E-state index contributed by atoms with van der Waals surface area (Å²) in [4.78, 5) is 58.3. The Balaban J connectivity index is 2.25. The molecule has 31 heavy (non-hydrogen) atoms. The number of Topliss-reactive ketones (excluding diaryl/α,β-unsaturated/α-hetero) is 1. The van der Waals surface area contributed by atoms with E-state index in [1.165, 1.54) is 14.0 Å². The van der Waals surface area contributed by atoms with Crippen LogP contribution in [0.3, 0.4) is 0 Å². The molecular weight excluding hydrogens is 428 g/mol. The number of carbonyl (C=O) groups is 5. The fraction of sp³-hybridized carbons (Fsp3) is 0.750. The monoisotopic (exact) mass is 460 g/mol. The maximum atomic E-state index is 12.5. The fourth-order valence-corrected chi connectivity index (χ4v) is 3.41. The van der Waals surface area contributed by atoms with Crippen LogP contribution in [-0.4, -0.2) is 73.6 Å². The summed E-state index contributed by atoms with van der Waals surface area (Å²) in [6.07, 6.45) is -1.26. The quantitative estimate of drug-likeness (QED) is 0.316. The molecule has 10 nitrogen and oxygen atoms in total. The molecule has 0 spiro atoms. The Bertz CT molecular complexity index is 668. The number of amides is 2. The summed E-state index contributed by atoms with van der Waals surface area (Å²) in [5.41, 5.74) is -0.572. The zero-order valence-corrected chi connectivity index (χ0v) is 19.3. The topological polar surface area (TPSA) is 137 Å². The smallest absolute Gasteiger partial charge is 0.305 e. The van der Waals surface area contributed by atoms with Crippen molar-refractivity contribution >= 4 is 40.4 Å². The molecule has 0 aromatic rings. The molecule has 1 heterocycles. The Morgan fingerprint density at radius 2 is 1.77 bits per heavy atom. The zero-order valence-electron chi connectivity index (χ0n) is 18.5. The van der Waals surface area contributed by atoms with Gasteiger partial charge in [-0.15, -0.1) is 0 Å². The molecule has 11 heteroatoms. The summed E-state index contributed by atoms with van der Waals surface area (Å²) in [6.45, 7) is 5.79. The average molecular weight is 461 g/mol. The van der Waals surface area contributed by atoms with Gasteiger partial charge in [0.05, 0.1) is 26.6 Å². The van der Waals surface area contributed by atoms with Gasteiger partial charge in [-0.05, 0) is 6.92 Å². The molecule has 0 aromatic carbocycles. The third-order valence-electron chi connectivity index (χ3n) is 4.43. The van der Waals surface area contributed by atoms with Crippen LogP contribution >= 0.6 is 11.8 Å². The first-order valence-corrected chi connectivity index (χ1v) is 11.1. The van der Waals surface area contributed by atoms with E-state index in [1.54, 1.807) is 0 Å². The number of nitrogens with one attached hydrogen (secondary N) is 2. The molecule has 0 radical (unpaired) electrons. The van der Waals surface area contributed by atoms with Crippen LogP contribution in [0.2, 0.25) is 0 Å². The predicted molar refractivity (Wildman–Crippen MR) is 113 cm³/mol. The first-order chi connectivity index (χ1) is 14.5. The summed E-state index contributed by atoms with van der Waals surface area (Å²) in [6, 6.07) is 0. The summed E-state index contributed by atoms with van der Waals surface area (Å²) in [5.74, 6) is -0.761. The van der Waals surface area contributed by atoms with E-state index in [2.05, 4.69) is 15.4 Å². The Morgan fingerprint density at radius 3 is 2.42 bits per heavy atom. The van der Waals surface area contributed by atoms with E-state index in [1.807, 2.05) is 13.8 Å². The van der Waals surface area contributed by atoms with Crippen molar-refractivity contribution in [3.05, 3.63) is 0 Å². The first kappa shape index (κ1) is 27.1. The third-order valence-corrected chi connectivity index (χ3v) is 5.36. The van der Waals surface area contributed by atoms with Gasteiger partial charge in [-0.3, -0.25) is 24.0 Å². The number of rotatable bonds is 12. The highest BCUT2D eigenvalue weighted by molar-refractivity contribution is 8.13. The van der Waals surface area contributed by atoms with Gasteiger partial charge >= 0.3 is 5.97 Å². The number of esters is 1. The van der Waals surface area contributed by atoms with Crippen molar-refractivity contribution in [2.45, 2.75) is 58.8 Å². The van der Waals surface area contributed by atoms with E-state index in [4.69, 9.17) is 9.47 Å². The molecule has 1 unspecified atom stereocenters. The molecule has 2 N–H and O–H groups in total. The Labute approximate surface area is 186 Å². The Hall–Kier alpha value is -1.98. The molecule has 0 bridgehead atoms. The van der Waals surface area contributed by atoms with E-state index in [0.717, 1.165) is 11.8 Å². The minimum Gasteiger partial charge on any atom is -0.469 e. The molecule has 1 rings (SSSR count). The molecule has 1 aliphatic rings. The summed E-state index contributed by atoms with van der Waals surface area (Å²) < 4.78 is 15.6. The average Bonchev–Trinajstić information content (AvgIpc) is 2.70. The first-order valence-electron chi connectivity index (χ1n) is 10.1. The zero-order chi connectivity index (χ0) is 23.4. The van der Waals surface area contributed by atoms with Crippen molar-refractivity contribution in [2.75, 3.05) is 32.6 Å². The van der Waals surface area contributed by atoms with Crippen molar-refractivity contribution in [3.63, 3.8) is 0 Å². The Kier molecular flexibility index (Phi) is 11.7. The van der Waals surface area contributed by atoms with Gasteiger partial charge in [0.15, 0.2) is 11.4 Å². The van der Waals surface area contributed by atoms with E-state index in [-0.39, 0.29) is 61.5 Å². The minimum absolute atomic E-state index is 0.0392. The van der Waals surface area contributed by atoms with Gasteiger partial charge in [0, 0.05) is 37.1 Å². The van der Waals surface area contributed by atoms with E-state index in [0.29, 0.717) is 12.3 Å². The highest BCUT2D eigenvalue weighted by Crippen LogP contribution is 2.31. The van der Waals surface area contributed by atoms with Gasteiger partial charge in [0.1, 0.15) is 11.9 Å². The van der Waals surface area contributed by atoms with Crippen molar-refractivity contribution in [2.24, 2.45) is 5.41 Å². The van der Waals surface area contributed by atoms with Crippen molar-refractivity contribution in [1.29, 1.82) is 0 Å². The van der Waals surface area contributed by atoms with Crippen LogP contribution in [0.25, 0.3) is 0 Å². The minimum atomic E-state index is -0.791. The van der Waals surface area contributed by atoms with Gasteiger partial charge in [-0.1, -0.05) is 25.6 Å². The van der Waals surface area contributed by atoms with Crippen LogP contribution < -0.4 is 10.6 Å². The second-order valence-electron chi connectivity index (χ2n) is 7.84. The summed E-state index contributed by atoms with van der Waals surface area (Å²) >= 11 is 1.04. The molecule has 1 saturated heterocycles. The molecule has 176 valence electrons. The number of hydrogen-bond acceptors (Lipinski definition) is 9. The maximum absolute atomic E-state index is 12.5. The molecular formula is C20H32N2O8S. The van der Waals surface area contributed by atoms with Gasteiger partial charge in [-0.25, -0.2) is 0 Å².